The number of aliphatic hydroxyl groups excluding tert-OH is 1. The molecule has 1 aromatic rings. The minimum absolute atomic E-state index is 0.274. The number of hydrogen-bond acceptors (Lipinski definition) is 3. The zero-order chi connectivity index (χ0) is 12.8. The Labute approximate surface area is 109 Å². The molecule has 0 aliphatic heterocycles. The molecule has 4 nitrogen and oxygen atoms in total. The van der Waals surface area contributed by atoms with Gasteiger partial charge in [0.05, 0.1) is 12.0 Å². The Bertz CT molecular complexity index is 345. The van der Waals surface area contributed by atoms with Crippen LogP contribution in [0.4, 0.5) is 0 Å². The van der Waals surface area contributed by atoms with Crippen LogP contribution in [-0.4, -0.2) is 27.3 Å². The largest absolute Gasteiger partial charge is 0.396 e. The van der Waals surface area contributed by atoms with Crippen LogP contribution >= 0.6 is 0 Å². The molecule has 0 radical (unpaired) electrons. The smallest absolute Gasteiger partial charge is 0.0947 e. The van der Waals surface area contributed by atoms with Crippen molar-refractivity contribution in [2.45, 2.75) is 51.1 Å². The fourth-order valence-corrected chi connectivity index (χ4v) is 2.97. The van der Waals surface area contributed by atoms with Gasteiger partial charge in [0.1, 0.15) is 0 Å². The molecule has 2 N–H and O–H groups in total. The fraction of sp³-hybridized carbons (Fsp3) is 0.786. The van der Waals surface area contributed by atoms with Gasteiger partial charge in [0.25, 0.3) is 0 Å². The molecule has 0 spiro atoms. The van der Waals surface area contributed by atoms with Gasteiger partial charge in [-0.05, 0) is 25.2 Å². The van der Waals surface area contributed by atoms with Gasteiger partial charge in [0, 0.05) is 32.4 Å². The van der Waals surface area contributed by atoms with E-state index in [9.17, 15) is 5.11 Å². The third-order valence-electron chi connectivity index (χ3n) is 3.96. The van der Waals surface area contributed by atoms with Crippen molar-refractivity contribution < 1.29 is 5.11 Å². The van der Waals surface area contributed by atoms with Gasteiger partial charge in [-0.2, -0.15) is 0 Å². The van der Waals surface area contributed by atoms with Crippen LogP contribution in [0, 0.1) is 5.92 Å². The minimum atomic E-state index is 0.274. The molecule has 0 bridgehead atoms. The van der Waals surface area contributed by atoms with E-state index in [2.05, 4.69) is 10.3 Å². The van der Waals surface area contributed by atoms with Crippen molar-refractivity contribution in [2.24, 2.45) is 13.0 Å². The van der Waals surface area contributed by atoms with Crippen molar-refractivity contribution >= 4 is 0 Å². The van der Waals surface area contributed by atoms with Crippen molar-refractivity contribution in [1.29, 1.82) is 0 Å². The third kappa shape index (κ3) is 3.82. The van der Waals surface area contributed by atoms with Crippen LogP contribution in [0.3, 0.4) is 0 Å². The van der Waals surface area contributed by atoms with E-state index in [0.717, 1.165) is 24.6 Å². The molecule has 1 aliphatic rings. The summed E-state index contributed by atoms with van der Waals surface area (Å²) < 4.78 is 1.97. The summed E-state index contributed by atoms with van der Waals surface area (Å²) in [5.41, 5.74) is 1.08. The summed E-state index contributed by atoms with van der Waals surface area (Å²) in [7, 11) is 1.99. The van der Waals surface area contributed by atoms with Crippen molar-refractivity contribution in [3.63, 3.8) is 0 Å². The Hall–Kier alpha value is -0.870. The van der Waals surface area contributed by atoms with E-state index in [1.54, 1.807) is 0 Å². The monoisotopic (exact) mass is 251 g/mol. The second-order valence-corrected chi connectivity index (χ2v) is 5.43. The summed E-state index contributed by atoms with van der Waals surface area (Å²) >= 11 is 0. The molecule has 2 rings (SSSR count). The summed E-state index contributed by atoms with van der Waals surface area (Å²) in [6, 6.07) is 0.442. The van der Waals surface area contributed by atoms with Crippen molar-refractivity contribution in [2.75, 3.05) is 6.61 Å². The Kier molecular flexibility index (Phi) is 5.20. The molecular weight excluding hydrogens is 226 g/mol. The van der Waals surface area contributed by atoms with Gasteiger partial charge in [-0.3, -0.25) is 0 Å². The van der Waals surface area contributed by atoms with E-state index in [4.69, 9.17) is 0 Å². The Morgan fingerprint density at radius 2 is 2.22 bits per heavy atom. The number of aromatic nitrogens is 2. The number of rotatable bonds is 6. The maximum Gasteiger partial charge on any atom is 0.0947 e. The molecule has 4 heteroatoms. The highest BCUT2D eigenvalue weighted by atomic mass is 16.3. The molecule has 1 fully saturated rings. The maximum absolute atomic E-state index is 9.21. The summed E-state index contributed by atoms with van der Waals surface area (Å²) in [4.78, 5) is 4.33. The highest BCUT2D eigenvalue weighted by Gasteiger charge is 2.22. The summed E-state index contributed by atoms with van der Waals surface area (Å²) in [5, 5.41) is 12.8. The van der Waals surface area contributed by atoms with Crippen LogP contribution in [-0.2, 0) is 13.6 Å². The zero-order valence-corrected chi connectivity index (χ0v) is 11.3. The summed E-state index contributed by atoms with van der Waals surface area (Å²) in [5.74, 6) is 0.731. The number of nitrogens with one attached hydrogen (secondary N) is 1. The predicted molar refractivity (Wildman–Crippen MR) is 72.1 cm³/mol. The van der Waals surface area contributed by atoms with Crippen LogP contribution in [0.1, 0.15) is 44.2 Å². The average Bonchev–Trinajstić information content (AvgIpc) is 2.81. The van der Waals surface area contributed by atoms with Gasteiger partial charge in [-0.25, -0.2) is 4.98 Å². The third-order valence-corrected chi connectivity index (χ3v) is 3.96. The SMILES string of the molecule is Cn1cnc(CNC(CCO)C2CCCCC2)c1. The normalized spacial score (nSPS) is 19.0. The first-order chi connectivity index (χ1) is 8.79. The molecular formula is C14H25N3O. The molecule has 0 saturated heterocycles. The zero-order valence-electron chi connectivity index (χ0n) is 11.3. The molecule has 0 aromatic carbocycles. The second kappa shape index (κ2) is 6.90. The Morgan fingerprint density at radius 3 is 2.83 bits per heavy atom. The molecule has 1 saturated carbocycles. The van der Waals surface area contributed by atoms with Crippen LogP contribution < -0.4 is 5.32 Å². The topological polar surface area (TPSA) is 50.1 Å². The van der Waals surface area contributed by atoms with E-state index < -0.39 is 0 Å². The second-order valence-electron chi connectivity index (χ2n) is 5.43. The van der Waals surface area contributed by atoms with Crippen LogP contribution in [0.5, 0.6) is 0 Å². The minimum Gasteiger partial charge on any atom is -0.396 e. The number of nitrogens with zero attached hydrogens (tertiary/aromatic N) is 2. The van der Waals surface area contributed by atoms with Gasteiger partial charge in [0.2, 0.25) is 0 Å². The molecule has 1 aliphatic carbocycles. The maximum atomic E-state index is 9.21. The van der Waals surface area contributed by atoms with Gasteiger partial charge in [-0.15, -0.1) is 0 Å². The van der Waals surface area contributed by atoms with Crippen LogP contribution in [0.2, 0.25) is 0 Å². The lowest BCUT2D eigenvalue weighted by Crippen LogP contribution is -2.37. The molecule has 1 heterocycles. The highest BCUT2D eigenvalue weighted by Crippen LogP contribution is 2.27. The number of hydrogen-bond donors (Lipinski definition) is 2. The summed E-state index contributed by atoms with van der Waals surface area (Å²) in [6.45, 7) is 1.08. The van der Waals surface area contributed by atoms with Crippen molar-refractivity contribution in [1.82, 2.24) is 14.9 Å². The highest BCUT2D eigenvalue weighted by molar-refractivity contribution is 4.96. The Balaban J connectivity index is 1.85. The van der Waals surface area contributed by atoms with Crippen molar-refractivity contribution in [3.8, 4) is 0 Å². The van der Waals surface area contributed by atoms with E-state index in [1.165, 1.54) is 32.1 Å². The van der Waals surface area contributed by atoms with Crippen LogP contribution in [0.15, 0.2) is 12.5 Å². The van der Waals surface area contributed by atoms with Gasteiger partial charge >= 0.3 is 0 Å². The first-order valence-electron chi connectivity index (χ1n) is 7.10. The fourth-order valence-electron chi connectivity index (χ4n) is 2.97. The molecule has 1 unspecified atom stereocenters. The van der Waals surface area contributed by atoms with E-state index in [0.29, 0.717) is 6.04 Å². The van der Waals surface area contributed by atoms with Gasteiger partial charge in [0.15, 0.2) is 0 Å². The van der Waals surface area contributed by atoms with Gasteiger partial charge in [-0.1, -0.05) is 19.3 Å². The number of imidazole rings is 1. The first-order valence-corrected chi connectivity index (χ1v) is 7.10. The molecule has 102 valence electrons. The van der Waals surface area contributed by atoms with Crippen molar-refractivity contribution in [3.05, 3.63) is 18.2 Å². The molecule has 18 heavy (non-hydrogen) atoms. The molecule has 1 aromatic heterocycles. The van der Waals surface area contributed by atoms with Gasteiger partial charge < -0.3 is 15.0 Å². The lowest BCUT2D eigenvalue weighted by atomic mass is 9.83. The quantitative estimate of drug-likeness (QED) is 0.811. The number of aryl methyl sites for hydroxylation is 1. The van der Waals surface area contributed by atoms with Crippen LogP contribution in [0.25, 0.3) is 0 Å². The lowest BCUT2D eigenvalue weighted by molar-refractivity contribution is 0.205. The molecule has 1 atom stereocenters. The number of aliphatic hydroxyl groups is 1. The average molecular weight is 251 g/mol. The summed E-state index contributed by atoms with van der Waals surface area (Å²) in [6.07, 6.45) is 11.4. The van der Waals surface area contributed by atoms with E-state index >= 15 is 0 Å². The molecule has 0 amide bonds. The predicted octanol–water partition coefficient (Wildman–Crippen LogP) is 1.84. The standard InChI is InChI=1S/C14H25N3O/c1-17-10-13(16-11-17)9-15-14(7-8-18)12-5-3-2-4-6-12/h10-12,14-15,18H,2-9H2,1H3. The Morgan fingerprint density at radius 1 is 1.44 bits per heavy atom. The van der Waals surface area contributed by atoms with E-state index in [1.807, 2.05) is 24.1 Å². The van der Waals surface area contributed by atoms with E-state index in [-0.39, 0.29) is 6.61 Å². The first kappa shape index (κ1) is 13.6. The lowest BCUT2D eigenvalue weighted by Gasteiger charge is -2.30.